The normalized spacial score (nSPS) is 11.7. The average molecular weight is 526 g/mol. The lowest BCUT2D eigenvalue weighted by Crippen LogP contribution is -2.16. The van der Waals surface area contributed by atoms with Crippen molar-refractivity contribution in [3.05, 3.63) is 53.4 Å². The van der Waals surface area contributed by atoms with Gasteiger partial charge in [0.05, 0.1) is 11.4 Å². The van der Waals surface area contributed by atoms with E-state index in [9.17, 15) is 13.3 Å². The van der Waals surface area contributed by atoms with Crippen LogP contribution < -0.4 is 4.72 Å². The number of nitroso groups, excluding NO2 is 1. The van der Waals surface area contributed by atoms with Crippen molar-refractivity contribution >= 4 is 32.3 Å². The number of nitrogens with zero attached hydrogens (tertiary/aromatic N) is 1. The largest absolute Gasteiger partial charge is 0.353 e. The van der Waals surface area contributed by atoms with E-state index in [2.05, 4.69) is 21.8 Å². The van der Waals surface area contributed by atoms with Crippen LogP contribution in [0.1, 0.15) is 96.8 Å². The molecule has 0 fully saturated rings. The van der Waals surface area contributed by atoms with Crippen molar-refractivity contribution in [3.63, 3.8) is 0 Å². The Labute approximate surface area is 222 Å². The first-order valence-electron chi connectivity index (χ1n) is 14.1. The van der Waals surface area contributed by atoms with Gasteiger partial charge in [-0.05, 0) is 29.8 Å². The zero-order valence-corrected chi connectivity index (χ0v) is 23.1. The second-order valence-electron chi connectivity index (χ2n) is 10.1. The molecule has 0 unspecified atom stereocenters. The summed E-state index contributed by atoms with van der Waals surface area (Å²) in [5.41, 5.74) is 2.96. The Morgan fingerprint density at radius 2 is 1.32 bits per heavy atom. The molecule has 3 aromatic rings. The van der Waals surface area contributed by atoms with Crippen molar-refractivity contribution in [1.29, 1.82) is 0 Å². The van der Waals surface area contributed by atoms with Crippen molar-refractivity contribution in [1.82, 2.24) is 4.98 Å². The van der Waals surface area contributed by atoms with Crippen molar-refractivity contribution in [2.45, 2.75) is 96.8 Å². The van der Waals surface area contributed by atoms with Crippen LogP contribution in [0.25, 0.3) is 22.2 Å². The van der Waals surface area contributed by atoms with Crippen LogP contribution in [-0.4, -0.2) is 19.2 Å². The van der Waals surface area contributed by atoms with E-state index in [-0.39, 0.29) is 11.4 Å². The molecule has 0 radical (unpaired) electrons. The first-order chi connectivity index (χ1) is 18.0. The Bertz CT molecular complexity index is 1190. The van der Waals surface area contributed by atoms with Crippen LogP contribution in [0.3, 0.4) is 0 Å². The van der Waals surface area contributed by atoms with Crippen molar-refractivity contribution in [2.75, 3.05) is 10.5 Å². The molecule has 0 saturated carbocycles. The molecule has 6 nitrogen and oxygen atoms in total. The van der Waals surface area contributed by atoms with E-state index in [0.29, 0.717) is 23.2 Å². The summed E-state index contributed by atoms with van der Waals surface area (Å²) in [5.74, 6) is 0.101. The number of nitrogens with one attached hydrogen (secondary N) is 2. The summed E-state index contributed by atoms with van der Waals surface area (Å²) in [6.07, 6.45) is 17.3. The minimum absolute atomic E-state index is 0.101. The number of hydrogen-bond donors (Lipinski definition) is 2. The van der Waals surface area contributed by atoms with E-state index >= 15 is 0 Å². The number of H-pyrrole nitrogens is 1. The van der Waals surface area contributed by atoms with Gasteiger partial charge in [0.2, 0.25) is 10.0 Å². The fourth-order valence-electron chi connectivity index (χ4n) is 4.87. The maximum atomic E-state index is 12.6. The molecule has 202 valence electrons. The standard InChI is InChI=1S/C30H43N3O3S/c1-2-3-4-5-6-7-8-9-10-11-12-13-14-18-23-37(35,36)33-26-21-22-28-27(24-26)30(32-34)29(31-28)25-19-16-15-17-20-25/h15-17,19-22,24,31,33H,2-14,18,23H2,1H3. The van der Waals surface area contributed by atoms with Gasteiger partial charge in [0.25, 0.3) is 0 Å². The van der Waals surface area contributed by atoms with Crippen molar-refractivity contribution in [2.24, 2.45) is 5.18 Å². The van der Waals surface area contributed by atoms with Crippen LogP contribution in [0.2, 0.25) is 0 Å². The molecule has 0 bridgehead atoms. The Morgan fingerprint density at radius 1 is 0.757 bits per heavy atom. The van der Waals surface area contributed by atoms with Crippen LogP contribution in [0.15, 0.2) is 53.7 Å². The third-order valence-electron chi connectivity index (χ3n) is 6.96. The fraction of sp³-hybridized carbons (Fsp3) is 0.533. The van der Waals surface area contributed by atoms with Crippen LogP contribution in [-0.2, 0) is 10.0 Å². The average Bonchev–Trinajstić information content (AvgIpc) is 3.27. The highest BCUT2D eigenvalue weighted by atomic mass is 32.2. The quantitative estimate of drug-likeness (QED) is 0.121. The number of sulfonamides is 1. The van der Waals surface area contributed by atoms with Crippen LogP contribution in [0.5, 0.6) is 0 Å². The lowest BCUT2D eigenvalue weighted by atomic mass is 10.0. The first kappa shape index (κ1) is 28.9. The second kappa shape index (κ2) is 15.6. The zero-order chi connectivity index (χ0) is 26.3. The summed E-state index contributed by atoms with van der Waals surface area (Å²) in [6.45, 7) is 2.26. The van der Waals surface area contributed by atoms with Crippen LogP contribution in [0, 0.1) is 4.91 Å². The molecular formula is C30H43N3O3S. The first-order valence-corrected chi connectivity index (χ1v) is 15.7. The molecule has 0 saturated heterocycles. The molecule has 7 heteroatoms. The number of fused-ring (bicyclic) bond motifs is 1. The van der Waals surface area contributed by atoms with Crippen molar-refractivity contribution < 1.29 is 8.42 Å². The SMILES string of the molecule is CCCCCCCCCCCCCCCCS(=O)(=O)Nc1ccc2[nH]c(-c3ccccc3)c(N=O)c2c1. The Morgan fingerprint density at radius 3 is 1.89 bits per heavy atom. The summed E-state index contributed by atoms with van der Waals surface area (Å²) in [4.78, 5) is 14.9. The van der Waals surface area contributed by atoms with Gasteiger partial charge in [-0.3, -0.25) is 4.72 Å². The third kappa shape index (κ3) is 9.62. The number of unbranched alkanes of at least 4 members (excludes halogenated alkanes) is 13. The Balaban J connectivity index is 1.37. The lowest BCUT2D eigenvalue weighted by Gasteiger charge is -2.08. The second-order valence-corrected chi connectivity index (χ2v) is 11.9. The predicted octanol–water partition coefficient (Wildman–Crippen LogP) is 9.46. The highest BCUT2D eigenvalue weighted by Gasteiger charge is 2.16. The van der Waals surface area contributed by atoms with Gasteiger partial charge in [-0.25, -0.2) is 8.42 Å². The van der Waals surface area contributed by atoms with E-state index in [1.165, 1.54) is 70.6 Å². The summed E-state index contributed by atoms with van der Waals surface area (Å²) >= 11 is 0. The number of hydrogen-bond acceptors (Lipinski definition) is 4. The molecule has 2 aromatic carbocycles. The van der Waals surface area contributed by atoms with E-state index in [1.807, 2.05) is 30.3 Å². The molecule has 0 aliphatic carbocycles. The molecule has 0 aliphatic heterocycles. The van der Waals surface area contributed by atoms with Crippen molar-refractivity contribution in [3.8, 4) is 11.3 Å². The molecule has 1 heterocycles. The smallest absolute Gasteiger partial charge is 0.232 e. The van der Waals surface area contributed by atoms with Gasteiger partial charge in [-0.15, -0.1) is 4.91 Å². The minimum Gasteiger partial charge on any atom is -0.353 e. The summed E-state index contributed by atoms with van der Waals surface area (Å²) in [5, 5.41) is 3.84. The highest BCUT2D eigenvalue weighted by Crippen LogP contribution is 2.38. The Hall–Kier alpha value is -2.67. The monoisotopic (exact) mass is 525 g/mol. The highest BCUT2D eigenvalue weighted by molar-refractivity contribution is 7.92. The summed E-state index contributed by atoms with van der Waals surface area (Å²) < 4.78 is 27.9. The molecular weight excluding hydrogens is 482 g/mol. The van der Waals surface area contributed by atoms with Gasteiger partial charge in [-0.1, -0.05) is 121 Å². The molecule has 37 heavy (non-hydrogen) atoms. The van der Waals surface area contributed by atoms with Gasteiger partial charge in [0, 0.05) is 22.2 Å². The zero-order valence-electron chi connectivity index (χ0n) is 22.3. The summed E-state index contributed by atoms with van der Waals surface area (Å²) in [7, 11) is -3.45. The number of anilines is 1. The molecule has 0 aliphatic rings. The molecule has 2 N–H and O–H groups in total. The van der Waals surface area contributed by atoms with E-state index in [4.69, 9.17) is 0 Å². The third-order valence-corrected chi connectivity index (χ3v) is 8.34. The van der Waals surface area contributed by atoms with Gasteiger partial charge in [0.15, 0.2) is 0 Å². The molecule has 0 spiro atoms. The molecule has 0 amide bonds. The maximum absolute atomic E-state index is 12.6. The number of aromatic amines is 1. The van der Waals surface area contributed by atoms with Gasteiger partial charge < -0.3 is 4.98 Å². The fourth-order valence-corrected chi connectivity index (χ4v) is 6.04. The van der Waals surface area contributed by atoms with Gasteiger partial charge in [-0.2, -0.15) is 0 Å². The topological polar surface area (TPSA) is 91.4 Å². The predicted molar refractivity (Wildman–Crippen MR) is 157 cm³/mol. The van der Waals surface area contributed by atoms with Gasteiger partial charge in [0.1, 0.15) is 5.69 Å². The van der Waals surface area contributed by atoms with E-state index in [0.717, 1.165) is 23.9 Å². The minimum atomic E-state index is -3.45. The van der Waals surface area contributed by atoms with Crippen LogP contribution in [0.4, 0.5) is 11.4 Å². The van der Waals surface area contributed by atoms with Crippen LogP contribution >= 0.6 is 0 Å². The molecule has 0 atom stereocenters. The maximum Gasteiger partial charge on any atom is 0.232 e. The number of aromatic nitrogens is 1. The van der Waals surface area contributed by atoms with Gasteiger partial charge >= 0.3 is 0 Å². The number of benzene rings is 2. The molecule has 1 aromatic heterocycles. The number of rotatable bonds is 19. The lowest BCUT2D eigenvalue weighted by molar-refractivity contribution is 0.537. The molecule has 3 rings (SSSR count). The summed E-state index contributed by atoms with van der Waals surface area (Å²) in [6, 6.07) is 14.7. The van der Waals surface area contributed by atoms with E-state index in [1.54, 1.807) is 18.2 Å². The van der Waals surface area contributed by atoms with E-state index < -0.39 is 10.0 Å². The Kier molecular flexibility index (Phi) is 12.1.